The Morgan fingerprint density at radius 3 is 1.86 bits per heavy atom. The molecule has 3 rings (SSSR count). The van der Waals surface area contributed by atoms with Gasteiger partial charge in [-0.25, -0.2) is 12.8 Å². The van der Waals surface area contributed by atoms with Crippen molar-refractivity contribution in [2.75, 3.05) is 0 Å². The van der Waals surface area contributed by atoms with Gasteiger partial charge in [-0.3, -0.25) is 0 Å². The van der Waals surface area contributed by atoms with Gasteiger partial charge in [-0.05, 0) is 11.1 Å². The molecule has 2 aromatic carbocycles. The van der Waals surface area contributed by atoms with Crippen LogP contribution in [0.15, 0.2) is 71.9 Å². The SMILES string of the molecule is CC.O=S(=O)(c1c(F)cnn1SF)N(Cc1ccccc1)Cc1ccccc1. The normalized spacial score (nSPS) is 11.2. The molecule has 28 heavy (non-hydrogen) atoms. The summed E-state index contributed by atoms with van der Waals surface area (Å²) in [4.78, 5) is 0. The summed E-state index contributed by atoms with van der Waals surface area (Å²) < 4.78 is 54.7. The van der Waals surface area contributed by atoms with E-state index in [9.17, 15) is 16.7 Å². The molecule has 9 heteroatoms. The average molecular weight is 426 g/mol. The van der Waals surface area contributed by atoms with E-state index in [0.29, 0.717) is 10.3 Å². The fraction of sp³-hybridized carbons (Fsp3) is 0.211. The summed E-state index contributed by atoms with van der Waals surface area (Å²) in [6.45, 7) is 4.03. The van der Waals surface area contributed by atoms with Crippen LogP contribution in [-0.4, -0.2) is 21.9 Å². The molecule has 0 spiro atoms. The van der Waals surface area contributed by atoms with Gasteiger partial charge in [0, 0.05) is 13.1 Å². The Balaban J connectivity index is 0.00000136. The molecule has 3 aromatic rings. The van der Waals surface area contributed by atoms with Crippen molar-refractivity contribution in [1.29, 1.82) is 0 Å². The molecule has 1 heterocycles. The first-order chi connectivity index (χ1) is 13.5. The van der Waals surface area contributed by atoms with E-state index in [1.807, 2.05) is 26.0 Å². The summed E-state index contributed by atoms with van der Waals surface area (Å²) in [7, 11) is -4.33. The van der Waals surface area contributed by atoms with E-state index in [1.54, 1.807) is 48.5 Å². The van der Waals surface area contributed by atoms with Crippen molar-refractivity contribution >= 4 is 22.4 Å². The van der Waals surface area contributed by atoms with Gasteiger partial charge in [0.05, 0.1) is 6.20 Å². The van der Waals surface area contributed by atoms with Crippen molar-refractivity contribution in [1.82, 2.24) is 13.5 Å². The van der Waals surface area contributed by atoms with Crippen LogP contribution in [0.1, 0.15) is 25.0 Å². The van der Waals surface area contributed by atoms with Crippen LogP contribution in [0.2, 0.25) is 0 Å². The number of hydrogen-bond acceptors (Lipinski definition) is 4. The van der Waals surface area contributed by atoms with Gasteiger partial charge >= 0.3 is 0 Å². The van der Waals surface area contributed by atoms with Crippen LogP contribution in [0, 0.1) is 5.82 Å². The van der Waals surface area contributed by atoms with Gasteiger partial charge in [-0.2, -0.15) is 13.5 Å². The van der Waals surface area contributed by atoms with Gasteiger partial charge in [-0.15, -0.1) is 3.89 Å². The predicted octanol–water partition coefficient (Wildman–Crippen LogP) is 4.82. The Morgan fingerprint density at radius 2 is 1.43 bits per heavy atom. The lowest BCUT2D eigenvalue weighted by Crippen LogP contribution is -2.32. The number of halogens is 2. The van der Waals surface area contributed by atoms with Gasteiger partial charge in [-0.1, -0.05) is 74.5 Å². The molecule has 0 aliphatic heterocycles. The second-order valence-electron chi connectivity index (χ2n) is 5.48. The maximum absolute atomic E-state index is 14.1. The second-order valence-corrected chi connectivity index (χ2v) is 7.82. The average Bonchev–Trinajstić information content (AvgIpc) is 3.12. The number of aromatic nitrogens is 2. The highest BCUT2D eigenvalue weighted by molar-refractivity contribution is 7.94. The third-order valence-corrected chi connectivity index (χ3v) is 6.02. The summed E-state index contributed by atoms with van der Waals surface area (Å²) in [6, 6.07) is 17.8. The molecule has 0 aliphatic rings. The van der Waals surface area contributed by atoms with Gasteiger partial charge in [0.25, 0.3) is 10.0 Å². The Kier molecular flexibility index (Phi) is 8.16. The molecule has 0 atom stereocenters. The monoisotopic (exact) mass is 425 g/mol. The Bertz CT molecular complexity index is 924. The lowest BCUT2D eigenvalue weighted by molar-refractivity contribution is 0.394. The lowest BCUT2D eigenvalue weighted by Gasteiger charge is -2.22. The summed E-state index contributed by atoms with van der Waals surface area (Å²) in [5.41, 5.74) is 1.46. The zero-order valence-electron chi connectivity index (χ0n) is 15.5. The lowest BCUT2D eigenvalue weighted by atomic mass is 10.2. The highest BCUT2D eigenvalue weighted by Crippen LogP contribution is 2.26. The zero-order valence-corrected chi connectivity index (χ0v) is 17.1. The molecule has 0 fully saturated rings. The maximum Gasteiger partial charge on any atom is 0.265 e. The number of sulfonamides is 1. The van der Waals surface area contributed by atoms with E-state index in [-0.39, 0.29) is 13.1 Å². The van der Waals surface area contributed by atoms with Gasteiger partial charge in [0.1, 0.15) is 0 Å². The van der Waals surface area contributed by atoms with Crippen molar-refractivity contribution in [3.8, 4) is 0 Å². The zero-order chi connectivity index (χ0) is 20.6. The highest BCUT2D eigenvalue weighted by Gasteiger charge is 2.33. The second kappa shape index (κ2) is 10.4. The predicted molar refractivity (Wildman–Crippen MR) is 107 cm³/mol. The van der Waals surface area contributed by atoms with Crippen LogP contribution in [0.3, 0.4) is 0 Å². The Hall–Kier alpha value is -2.23. The van der Waals surface area contributed by atoms with Gasteiger partial charge < -0.3 is 0 Å². The molecular formula is C19H21F2N3O2S2. The Morgan fingerprint density at radius 1 is 0.964 bits per heavy atom. The highest BCUT2D eigenvalue weighted by atomic mass is 32.2. The summed E-state index contributed by atoms with van der Waals surface area (Å²) in [5.74, 6) is -1.10. The van der Waals surface area contributed by atoms with Crippen molar-refractivity contribution < 1.29 is 16.7 Å². The Labute approximate surface area is 168 Å². The minimum absolute atomic E-state index is 0.0135. The largest absolute Gasteiger partial charge is 0.265 e. The minimum Gasteiger partial charge on any atom is -0.205 e. The van der Waals surface area contributed by atoms with E-state index in [0.717, 1.165) is 15.4 Å². The van der Waals surface area contributed by atoms with Crippen molar-refractivity contribution in [3.05, 3.63) is 83.8 Å². The van der Waals surface area contributed by atoms with E-state index >= 15 is 0 Å². The molecule has 0 bridgehead atoms. The molecule has 0 N–H and O–H groups in total. The molecule has 0 amide bonds. The summed E-state index contributed by atoms with van der Waals surface area (Å²) >= 11 is -0.467. The van der Waals surface area contributed by atoms with Crippen molar-refractivity contribution in [2.45, 2.75) is 32.0 Å². The van der Waals surface area contributed by atoms with Crippen LogP contribution in [-0.2, 0) is 23.1 Å². The maximum atomic E-state index is 14.1. The fourth-order valence-electron chi connectivity index (χ4n) is 2.50. The molecular weight excluding hydrogens is 404 g/mol. The molecule has 150 valence electrons. The minimum atomic E-state index is -4.33. The smallest absolute Gasteiger partial charge is 0.205 e. The van der Waals surface area contributed by atoms with E-state index in [2.05, 4.69) is 5.10 Å². The van der Waals surface area contributed by atoms with Crippen LogP contribution in [0.25, 0.3) is 0 Å². The summed E-state index contributed by atoms with van der Waals surface area (Å²) in [6.07, 6.45) is 0.683. The number of nitrogens with zero attached hydrogens (tertiary/aromatic N) is 3. The van der Waals surface area contributed by atoms with Crippen LogP contribution in [0.4, 0.5) is 8.28 Å². The summed E-state index contributed by atoms with van der Waals surface area (Å²) in [5, 5.41) is 2.61. The number of benzene rings is 2. The van der Waals surface area contributed by atoms with Crippen molar-refractivity contribution in [2.24, 2.45) is 0 Å². The molecule has 5 nitrogen and oxygen atoms in total. The first-order valence-electron chi connectivity index (χ1n) is 8.63. The number of rotatable bonds is 7. The molecule has 0 saturated carbocycles. The van der Waals surface area contributed by atoms with E-state index in [1.165, 1.54) is 0 Å². The topological polar surface area (TPSA) is 55.2 Å². The van der Waals surface area contributed by atoms with Crippen LogP contribution >= 0.6 is 12.3 Å². The molecule has 1 aromatic heterocycles. The van der Waals surface area contributed by atoms with E-state index < -0.39 is 33.2 Å². The number of hydrogen-bond donors (Lipinski definition) is 0. The molecule has 0 saturated heterocycles. The molecule has 0 unspecified atom stereocenters. The first kappa shape index (κ1) is 22.1. The standard InChI is InChI=1S/C17H15F2N3O2S2.C2H6/c18-16-11-20-22(25-19)17(16)26(23,24)21(12-14-7-3-1-4-8-14)13-15-9-5-2-6-10-15;1-2/h1-11H,12-13H2;1-2H3. The van der Waals surface area contributed by atoms with Gasteiger partial charge in [0.2, 0.25) is 5.03 Å². The fourth-order valence-corrected chi connectivity index (χ4v) is 4.52. The van der Waals surface area contributed by atoms with Crippen molar-refractivity contribution in [3.63, 3.8) is 0 Å². The van der Waals surface area contributed by atoms with E-state index in [4.69, 9.17) is 0 Å². The first-order valence-corrected chi connectivity index (χ1v) is 10.7. The third-order valence-electron chi connectivity index (χ3n) is 3.71. The third kappa shape index (κ3) is 5.18. The molecule has 0 radical (unpaired) electrons. The van der Waals surface area contributed by atoms with Crippen LogP contribution in [0.5, 0.6) is 0 Å². The quantitative estimate of drug-likeness (QED) is 0.545. The molecule has 0 aliphatic carbocycles. The van der Waals surface area contributed by atoms with Crippen LogP contribution < -0.4 is 0 Å². The van der Waals surface area contributed by atoms with Gasteiger partial charge in [0.15, 0.2) is 18.2 Å².